The summed E-state index contributed by atoms with van der Waals surface area (Å²) in [5.41, 5.74) is 2.48. The quantitative estimate of drug-likeness (QED) is 0.455. The van der Waals surface area contributed by atoms with Gasteiger partial charge in [-0.05, 0) is 48.9 Å². The zero-order chi connectivity index (χ0) is 21.1. The smallest absolute Gasteiger partial charge is 0.266 e. The first-order valence-electron chi connectivity index (χ1n) is 10.6. The maximum absolute atomic E-state index is 13.4. The molecule has 6 heteroatoms. The van der Waals surface area contributed by atoms with Crippen molar-refractivity contribution in [1.29, 1.82) is 0 Å². The zero-order valence-corrected chi connectivity index (χ0v) is 18.3. The lowest BCUT2D eigenvalue weighted by atomic mass is 9.99. The summed E-state index contributed by atoms with van der Waals surface area (Å²) in [6, 6.07) is 15.3. The molecule has 1 fully saturated rings. The lowest BCUT2D eigenvalue weighted by molar-refractivity contribution is -0.129. The molecule has 0 unspecified atom stereocenters. The van der Waals surface area contributed by atoms with Gasteiger partial charge in [0.25, 0.3) is 5.56 Å². The maximum atomic E-state index is 13.4. The molecule has 4 rings (SSSR count). The van der Waals surface area contributed by atoms with Crippen LogP contribution in [0.2, 0.25) is 0 Å². The zero-order valence-electron chi connectivity index (χ0n) is 17.5. The number of piperidine rings is 1. The third-order valence-corrected chi connectivity index (χ3v) is 6.74. The number of likely N-dealkylation sites (tertiary alicyclic amines) is 1. The Kier molecular flexibility index (Phi) is 6.23. The number of amides is 1. The van der Waals surface area contributed by atoms with E-state index in [9.17, 15) is 9.59 Å². The summed E-state index contributed by atoms with van der Waals surface area (Å²) >= 11 is 1.35. The molecular formula is C24H27N3O2S. The minimum absolute atomic E-state index is 0.0942. The summed E-state index contributed by atoms with van der Waals surface area (Å²) in [7, 11) is 0. The minimum atomic E-state index is -0.0942. The Labute approximate surface area is 181 Å². The first kappa shape index (κ1) is 20.7. The number of aromatic nitrogens is 2. The number of carbonyl (C=O) groups is 1. The van der Waals surface area contributed by atoms with E-state index in [1.807, 2.05) is 53.4 Å². The molecule has 30 heavy (non-hydrogen) atoms. The van der Waals surface area contributed by atoms with Gasteiger partial charge in [0, 0.05) is 13.1 Å². The molecule has 156 valence electrons. The fourth-order valence-electron chi connectivity index (χ4n) is 3.93. The second kappa shape index (κ2) is 9.04. The molecule has 0 aliphatic carbocycles. The van der Waals surface area contributed by atoms with Gasteiger partial charge < -0.3 is 4.90 Å². The molecule has 1 amide bonds. The van der Waals surface area contributed by atoms with Crippen LogP contribution in [0, 0.1) is 5.92 Å². The Morgan fingerprint density at radius 2 is 1.80 bits per heavy atom. The van der Waals surface area contributed by atoms with E-state index in [4.69, 9.17) is 4.98 Å². The average molecular weight is 422 g/mol. The molecule has 2 aromatic carbocycles. The standard InChI is InChI=1S/C24H27N3O2S/c1-3-18-8-4-7-11-21(18)27-23(29)19-9-5-6-10-20(19)25-24(27)30-16-22(28)26-14-12-17(2)13-15-26/h4-11,17H,3,12-16H2,1-2H3. The van der Waals surface area contributed by atoms with E-state index in [-0.39, 0.29) is 17.2 Å². The molecule has 0 radical (unpaired) electrons. The number of benzene rings is 2. The van der Waals surface area contributed by atoms with Crippen LogP contribution in [-0.2, 0) is 11.2 Å². The lowest BCUT2D eigenvalue weighted by Gasteiger charge is -2.30. The lowest BCUT2D eigenvalue weighted by Crippen LogP contribution is -2.39. The van der Waals surface area contributed by atoms with Crippen LogP contribution in [0.3, 0.4) is 0 Å². The second-order valence-corrected chi connectivity index (χ2v) is 8.83. The van der Waals surface area contributed by atoms with E-state index in [0.717, 1.165) is 43.6 Å². The van der Waals surface area contributed by atoms with E-state index in [1.54, 1.807) is 4.57 Å². The molecule has 0 bridgehead atoms. The van der Waals surface area contributed by atoms with Crippen LogP contribution in [0.5, 0.6) is 0 Å². The molecule has 0 atom stereocenters. The third kappa shape index (κ3) is 4.15. The Balaban J connectivity index is 1.71. The summed E-state index contributed by atoms with van der Waals surface area (Å²) in [5, 5.41) is 1.16. The number of carbonyl (C=O) groups excluding carboxylic acids is 1. The van der Waals surface area contributed by atoms with Crippen LogP contribution in [0.4, 0.5) is 0 Å². The van der Waals surface area contributed by atoms with Gasteiger partial charge in [0.2, 0.25) is 5.91 Å². The summed E-state index contributed by atoms with van der Waals surface area (Å²) in [5.74, 6) is 1.08. The van der Waals surface area contributed by atoms with Crippen molar-refractivity contribution in [2.24, 2.45) is 5.92 Å². The van der Waals surface area contributed by atoms with Crippen molar-refractivity contribution in [3.63, 3.8) is 0 Å². The Bertz CT molecular complexity index is 1120. The van der Waals surface area contributed by atoms with E-state index in [1.165, 1.54) is 11.8 Å². The van der Waals surface area contributed by atoms with E-state index in [0.29, 0.717) is 22.0 Å². The number of hydrogen-bond acceptors (Lipinski definition) is 4. The van der Waals surface area contributed by atoms with Gasteiger partial charge in [0.1, 0.15) is 0 Å². The van der Waals surface area contributed by atoms with Gasteiger partial charge in [0.15, 0.2) is 5.16 Å². The van der Waals surface area contributed by atoms with Crippen LogP contribution in [0.15, 0.2) is 58.5 Å². The summed E-state index contributed by atoms with van der Waals surface area (Å²) in [4.78, 5) is 32.9. The van der Waals surface area contributed by atoms with Crippen LogP contribution >= 0.6 is 11.8 Å². The van der Waals surface area contributed by atoms with Gasteiger partial charge in [-0.25, -0.2) is 4.98 Å². The molecule has 2 heterocycles. The number of thioether (sulfide) groups is 1. The average Bonchev–Trinajstić information content (AvgIpc) is 2.78. The highest BCUT2D eigenvalue weighted by Gasteiger charge is 2.22. The molecule has 0 N–H and O–H groups in total. The topological polar surface area (TPSA) is 55.2 Å². The number of rotatable bonds is 5. The van der Waals surface area contributed by atoms with Gasteiger partial charge in [-0.2, -0.15) is 0 Å². The fraction of sp³-hybridized carbons (Fsp3) is 0.375. The Morgan fingerprint density at radius 3 is 2.57 bits per heavy atom. The number of aryl methyl sites for hydroxylation is 1. The number of fused-ring (bicyclic) bond motifs is 1. The SMILES string of the molecule is CCc1ccccc1-n1c(SCC(=O)N2CCC(C)CC2)nc2ccccc2c1=O. The third-order valence-electron chi connectivity index (χ3n) is 5.82. The van der Waals surface area contributed by atoms with Crippen molar-refractivity contribution >= 4 is 28.6 Å². The second-order valence-electron chi connectivity index (χ2n) is 7.89. The van der Waals surface area contributed by atoms with Crippen LogP contribution in [0.25, 0.3) is 16.6 Å². The van der Waals surface area contributed by atoms with Crippen molar-refractivity contribution in [2.75, 3.05) is 18.8 Å². The van der Waals surface area contributed by atoms with E-state index in [2.05, 4.69) is 13.8 Å². The highest BCUT2D eigenvalue weighted by Crippen LogP contribution is 2.25. The number of hydrogen-bond donors (Lipinski definition) is 0. The van der Waals surface area contributed by atoms with E-state index >= 15 is 0 Å². The molecule has 1 aromatic heterocycles. The van der Waals surface area contributed by atoms with Crippen molar-refractivity contribution in [2.45, 2.75) is 38.3 Å². The molecule has 1 saturated heterocycles. The first-order valence-corrected chi connectivity index (χ1v) is 11.6. The molecule has 3 aromatic rings. The van der Waals surface area contributed by atoms with E-state index < -0.39 is 0 Å². The Morgan fingerprint density at radius 1 is 1.10 bits per heavy atom. The highest BCUT2D eigenvalue weighted by atomic mass is 32.2. The monoisotopic (exact) mass is 421 g/mol. The van der Waals surface area contributed by atoms with Crippen LogP contribution in [-0.4, -0.2) is 39.2 Å². The van der Waals surface area contributed by atoms with Crippen LogP contribution < -0.4 is 5.56 Å². The van der Waals surface area contributed by atoms with Crippen molar-refractivity contribution in [1.82, 2.24) is 14.5 Å². The Hall–Kier alpha value is -2.60. The molecule has 1 aliphatic heterocycles. The largest absolute Gasteiger partial charge is 0.342 e. The van der Waals surface area contributed by atoms with Crippen molar-refractivity contribution in [3.05, 3.63) is 64.4 Å². The summed E-state index contributed by atoms with van der Waals surface area (Å²) < 4.78 is 1.68. The number of nitrogens with zero attached hydrogens (tertiary/aromatic N) is 3. The van der Waals surface area contributed by atoms with Gasteiger partial charge in [0.05, 0.1) is 22.3 Å². The minimum Gasteiger partial charge on any atom is -0.342 e. The summed E-state index contributed by atoms with van der Waals surface area (Å²) in [6.07, 6.45) is 2.92. The molecule has 0 saturated carbocycles. The van der Waals surface area contributed by atoms with Crippen molar-refractivity contribution in [3.8, 4) is 5.69 Å². The number of para-hydroxylation sites is 2. The predicted octanol–water partition coefficient (Wildman–Crippen LogP) is 4.30. The highest BCUT2D eigenvalue weighted by molar-refractivity contribution is 7.99. The maximum Gasteiger partial charge on any atom is 0.266 e. The molecular weight excluding hydrogens is 394 g/mol. The molecule has 5 nitrogen and oxygen atoms in total. The van der Waals surface area contributed by atoms with Crippen LogP contribution in [0.1, 0.15) is 32.3 Å². The van der Waals surface area contributed by atoms with Gasteiger partial charge in [-0.1, -0.05) is 55.9 Å². The van der Waals surface area contributed by atoms with Gasteiger partial charge in [-0.15, -0.1) is 0 Å². The fourth-order valence-corrected chi connectivity index (χ4v) is 4.83. The normalized spacial score (nSPS) is 14.9. The predicted molar refractivity (Wildman–Crippen MR) is 122 cm³/mol. The molecule has 0 spiro atoms. The van der Waals surface area contributed by atoms with Gasteiger partial charge in [-0.3, -0.25) is 14.2 Å². The first-order chi connectivity index (χ1) is 14.6. The van der Waals surface area contributed by atoms with Gasteiger partial charge >= 0.3 is 0 Å². The molecule has 1 aliphatic rings. The summed E-state index contributed by atoms with van der Waals surface area (Å²) in [6.45, 7) is 5.94. The van der Waals surface area contributed by atoms with Crippen molar-refractivity contribution < 1.29 is 4.79 Å².